The van der Waals surface area contributed by atoms with Gasteiger partial charge in [-0.15, -0.1) is 0 Å². The zero-order valence-electron chi connectivity index (χ0n) is 15.4. The van der Waals surface area contributed by atoms with Crippen molar-refractivity contribution in [3.63, 3.8) is 0 Å². The highest BCUT2D eigenvalue weighted by Crippen LogP contribution is 2.16. The molecule has 142 valence electrons. The summed E-state index contributed by atoms with van der Waals surface area (Å²) in [5, 5.41) is 0. The van der Waals surface area contributed by atoms with Crippen LogP contribution in [-0.2, 0) is 13.9 Å². The Balaban J connectivity index is 3.49. The number of unbranched alkanes of at least 4 members (excludes halogenated alkanes) is 4. The van der Waals surface area contributed by atoms with E-state index in [4.69, 9.17) is 4.89 Å². The van der Waals surface area contributed by atoms with E-state index < -0.39 is 14.2 Å². The molecule has 0 saturated carbocycles. The number of hydrogen-bond acceptors (Lipinski definition) is 3. The molecule has 0 aliphatic heterocycles. The third-order valence-corrected chi connectivity index (χ3v) is 3.81. The second kappa shape index (κ2) is 19.0. The van der Waals surface area contributed by atoms with E-state index in [-0.39, 0.29) is 6.42 Å². The first-order valence-electron chi connectivity index (χ1n) is 9.20. The molecule has 0 fully saturated rings. The van der Waals surface area contributed by atoms with Gasteiger partial charge in [-0.1, -0.05) is 68.4 Å². The molecular weight excluding hydrogens is 335 g/mol. The van der Waals surface area contributed by atoms with Crippen LogP contribution in [0.1, 0.15) is 71.1 Å². The van der Waals surface area contributed by atoms with Gasteiger partial charge in [0.2, 0.25) is 0 Å². The van der Waals surface area contributed by atoms with Gasteiger partial charge in [0.15, 0.2) is 0 Å². The average molecular weight is 368 g/mol. The minimum Gasteiger partial charge on any atom is -0.394 e. The zero-order valence-corrected chi connectivity index (χ0v) is 16.4. The first-order chi connectivity index (χ1) is 12.2. The quantitative estimate of drug-likeness (QED) is 0.217. The maximum absolute atomic E-state index is 11.0. The van der Waals surface area contributed by atoms with Gasteiger partial charge in [0.25, 0.3) is 0 Å². The molecule has 4 nitrogen and oxygen atoms in total. The van der Waals surface area contributed by atoms with Gasteiger partial charge in [-0.05, 0) is 44.9 Å². The smallest absolute Gasteiger partial charge is 0.367 e. The first-order valence-corrected chi connectivity index (χ1v) is 10.5. The summed E-state index contributed by atoms with van der Waals surface area (Å²) in [4.78, 5) is 19.5. The first kappa shape index (κ1) is 23.6. The van der Waals surface area contributed by atoms with Gasteiger partial charge >= 0.3 is 14.2 Å². The van der Waals surface area contributed by atoms with E-state index in [1.807, 2.05) is 6.08 Å². The van der Waals surface area contributed by atoms with Crippen LogP contribution in [0.5, 0.6) is 0 Å². The molecular formula is C20H33O4P. The van der Waals surface area contributed by atoms with Crippen molar-refractivity contribution >= 4 is 14.2 Å². The molecule has 5 heteroatoms. The van der Waals surface area contributed by atoms with E-state index in [9.17, 15) is 9.36 Å². The summed E-state index contributed by atoms with van der Waals surface area (Å²) in [6, 6.07) is 0. The van der Waals surface area contributed by atoms with Gasteiger partial charge < -0.3 is 9.42 Å². The van der Waals surface area contributed by atoms with Gasteiger partial charge in [-0.3, -0.25) is 4.79 Å². The highest BCUT2D eigenvalue weighted by Gasteiger charge is 2.03. The maximum atomic E-state index is 11.0. The van der Waals surface area contributed by atoms with Crippen LogP contribution in [0.3, 0.4) is 0 Å². The van der Waals surface area contributed by atoms with Crippen LogP contribution in [0.15, 0.2) is 48.6 Å². The Morgan fingerprint density at radius 2 is 1.32 bits per heavy atom. The fourth-order valence-corrected chi connectivity index (χ4v) is 2.37. The van der Waals surface area contributed by atoms with E-state index in [2.05, 4.69) is 54.0 Å². The fraction of sp³-hybridized carbons (Fsp3) is 0.550. The predicted molar refractivity (Wildman–Crippen MR) is 106 cm³/mol. The summed E-state index contributed by atoms with van der Waals surface area (Å²) in [5.74, 6) is -0.609. The topological polar surface area (TPSA) is 63.6 Å². The lowest BCUT2D eigenvalue weighted by Gasteiger charge is -1.97. The molecule has 25 heavy (non-hydrogen) atoms. The Bertz CT molecular complexity index is 464. The lowest BCUT2D eigenvalue weighted by molar-refractivity contribution is -0.134. The largest absolute Gasteiger partial charge is 0.394 e. The van der Waals surface area contributed by atoms with Crippen molar-refractivity contribution < 1.29 is 18.8 Å². The summed E-state index contributed by atoms with van der Waals surface area (Å²) in [6.45, 7) is 2.22. The number of hydrogen-bond donors (Lipinski definition) is 1. The fourth-order valence-electron chi connectivity index (χ4n) is 2.07. The molecule has 0 heterocycles. The molecule has 0 aromatic rings. The Hall–Kier alpha value is -1.38. The Kier molecular flexibility index (Phi) is 17.9. The lowest BCUT2D eigenvalue weighted by Crippen LogP contribution is -1.97. The van der Waals surface area contributed by atoms with Crippen LogP contribution < -0.4 is 0 Å². The monoisotopic (exact) mass is 368 g/mol. The van der Waals surface area contributed by atoms with Gasteiger partial charge in [-0.2, -0.15) is 0 Å². The highest BCUT2D eigenvalue weighted by atomic mass is 31.1. The van der Waals surface area contributed by atoms with Crippen molar-refractivity contribution in [3.8, 4) is 0 Å². The van der Waals surface area contributed by atoms with Gasteiger partial charge in [0.05, 0.1) is 0 Å². The van der Waals surface area contributed by atoms with Crippen LogP contribution in [-0.4, -0.2) is 10.9 Å². The van der Waals surface area contributed by atoms with Crippen molar-refractivity contribution in [2.45, 2.75) is 71.1 Å². The molecule has 0 spiro atoms. The standard InChI is InChI=1S/C20H33O4P/c1-2-3-4-5-6-7-8-9-10-11-12-13-14-15-16-17-18-19-20(21)24-25(22)23/h6-7,9-10,12-13,15-16,25H,2-5,8,11,14,17-19H2,1H3,(H,22,23). The normalized spacial score (nSPS) is 13.5. The lowest BCUT2D eigenvalue weighted by atomic mass is 10.2. The van der Waals surface area contributed by atoms with Crippen molar-refractivity contribution in [1.29, 1.82) is 0 Å². The third kappa shape index (κ3) is 20.6. The second-order valence-electron chi connectivity index (χ2n) is 5.72. The Morgan fingerprint density at radius 3 is 1.80 bits per heavy atom. The highest BCUT2D eigenvalue weighted by molar-refractivity contribution is 7.32. The zero-order chi connectivity index (χ0) is 18.6. The molecule has 0 bridgehead atoms. The van der Waals surface area contributed by atoms with E-state index in [1.165, 1.54) is 25.7 Å². The van der Waals surface area contributed by atoms with Crippen LogP contribution in [0.2, 0.25) is 0 Å². The minimum absolute atomic E-state index is 0.176. The average Bonchev–Trinajstić information content (AvgIpc) is 2.57. The van der Waals surface area contributed by atoms with Crippen molar-refractivity contribution in [3.05, 3.63) is 48.6 Å². The molecule has 0 aliphatic carbocycles. The Labute approximate surface area is 153 Å². The number of allylic oxidation sites excluding steroid dienone is 8. The SMILES string of the molecule is CCCCCC=CCC=CCC=CCC=CCCCC(=O)O[PH](=O)O. The van der Waals surface area contributed by atoms with E-state index in [0.29, 0.717) is 6.42 Å². The summed E-state index contributed by atoms with van der Waals surface area (Å²) in [7, 11) is -3.14. The molecule has 0 amide bonds. The van der Waals surface area contributed by atoms with Crippen LogP contribution >= 0.6 is 8.25 Å². The van der Waals surface area contributed by atoms with Crippen molar-refractivity contribution in [2.24, 2.45) is 0 Å². The summed E-state index contributed by atoms with van der Waals surface area (Å²) < 4.78 is 14.5. The Morgan fingerprint density at radius 1 is 0.840 bits per heavy atom. The van der Waals surface area contributed by atoms with Crippen LogP contribution in [0.25, 0.3) is 0 Å². The van der Waals surface area contributed by atoms with Crippen LogP contribution in [0, 0.1) is 0 Å². The molecule has 0 rings (SSSR count). The van der Waals surface area contributed by atoms with Gasteiger partial charge in [-0.25, -0.2) is 4.57 Å². The maximum Gasteiger partial charge on any atom is 0.367 e. The summed E-state index contributed by atoms with van der Waals surface area (Å²) >= 11 is 0. The third-order valence-electron chi connectivity index (χ3n) is 3.41. The minimum atomic E-state index is -3.14. The van der Waals surface area contributed by atoms with E-state index in [0.717, 1.165) is 25.7 Å². The molecule has 0 radical (unpaired) electrons. The van der Waals surface area contributed by atoms with E-state index >= 15 is 0 Å². The van der Waals surface area contributed by atoms with Crippen molar-refractivity contribution in [2.75, 3.05) is 0 Å². The molecule has 0 aliphatic rings. The number of rotatable bonds is 15. The van der Waals surface area contributed by atoms with Crippen molar-refractivity contribution in [1.82, 2.24) is 0 Å². The predicted octanol–water partition coefficient (Wildman–Crippen LogP) is 6.06. The van der Waals surface area contributed by atoms with Crippen LogP contribution in [0.4, 0.5) is 0 Å². The van der Waals surface area contributed by atoms with Gasteiger partial charge in [0.1, 0.15) is 0 Å². The molecule has 1 unspecified atom stereocenters. The second-order valence-corrected chi connectivity index (χ2v) is 6.46. The summed E-state index contributed by atoms with van der Waals surface area (Å²) in [6.07, 6.45) is 26.7. The molecule has 0 aromatic carbocycles. The molecule has 1 atom stereocenters. The van der Waals surface area contributed by atoms with Gasteiger partial charge in [0, 0.05) is 6.42 Å². The molecule has 1 N–H and O–H groups in total. The molecule has 0 saturated heterocycles. The molecule has 0 aromatic heterocycles. The summed E-state index contributed by atoms with van der Waals surface area (Å²) in [5.41, 5.74) is 0. The number of carbonyl (C=O) groups excluding carboxylic acids is 1. The number of carbonyl (C=O) groups is 1. The van der Waals surface area contributed by atoms with E-state index in [1.54, 1.807) is 0 Å².